The van der Waals surface area contributed by atoms with E-state index in [1.807, 2.05) is 87.5 Å². The van der Waals surface area contributed by atoms with Gasteiger partial charge in [-0.2, -0.15) is 0 Å². The molecular weight excluding hydrogens is 434 g/mol. The van der Waals surface area contributed by atoms with Crippen LogP contribution in [0.4, 0.5) is 5.69 Å². The number of hydrogen-bond acceptors (Lipinski definition) is 6. The van der Waals surface area contributed by atoms with E-state index in [1.165, 1.54) is 11.8 Å². The topological polar surface area (TPSA) is 77.2 Å². The molecule has 7 heteroatoms. The SMILES string of the molecule is Cc1cc(C)cc(NC(=O)[C@H](Sc2nnc(COc3cccc(C)c3)o2)c2ccccc2)c1. The molecule has 1 amide bonds. The van der Waals surface area contributed by atoms with E-state index in [0.717, 1.165) is 33.7 Å². The highest BCUT2D eigenvalue weighted by Gasteiger charge is 2.25. The van der Waals surface area contributed by atoms with E-state index in [2.05, 4.69) is 21.6 Å². The molecule has 0 fully saturated rings. The third-order valence-corrected chi connectivity index (χ3v) is 5.94. The van der Waals surface area contributed by atoms with Crippen LogP contribution in [0.5, 0.6) is 5.75 Å². The lowest BCUT2D eigenvalue weighted by Gasteiger charge is -2.16. The lowest BCUT2D eigenvalue weighted by atomic mass is 10.1. The summed E-state index contributed by atoms with van der Waals surface area (Å²) >= 11 is 1.21. The average Bonchev–Trinajstić information content (AvgIpc) is 3.23. The van der Waals surface area contributed by atoms with Gasteiger partial charge in [0.15, 0.2) is 6.61 Å². The first kappa shape index (κ1) is 22.6. The van der Waals surface area contributed by atoms with Crippen molar-refractivity contribution in [2.24, 2.45) is 0 Å². The van der Waals surface area contributed by atoms with Gasteiger partial charge in [-0.3, -0.25) is 4.79 Å². The number of carbonyl (C=O) groups excluding carboxylic acids is 1. The third-order valence-electron chi connectivity index (χ3n) is 4.85. The van der Waals surface area contributed by atoms with Crippen molar-refractivity contribution in [3.05, 3.63) is 101 Å². The number of benzene rings is 3. The van der Waals surface area contributed by atoms with E-state index in [-0.39, 0.29) is 12.5 Å². The third kappa shape index (κ3) is 6.23. The molecular formula is C26H25N3O3S. The number of aryl methyl sites for hydroxylation is 3. The summed E-state index contributed by atoms with van der Waals surface area (Å²) in [6.45, 7) is 6.17. The quantitative estimate of drug-likeness (QED) is 0.323. The van der Waals surface area contributed by atoms with Crippen LogP contribution in [0, 0.1) is 20.8 Å². The lowest BCUT2D eigenvalue weighted by Crippen LogP contribution is -2.19. The fourth-order valence-electron chi connectivity index (χ4n) is 3.45. The number of thioether (sulfide) groups is 1. The Labute approximate surface area is 197 Å². The van der Waals surface area contributed by atoms with Crippen molar-refractivity contribution in [1.82, 2.24) is 10.2 Å². The van der Waals surface area contributed by atoms with E-state index in [9.17, 15) is 4.79 Å². The first-order valence-corrected chi connectivity index (χ1v) is 11.5. The number of amides is 1. The Morgan fingerprint density at radius 3 is 2.42 bits per heavy atom. The van der Waals surface area contributed by atoms with Crippen LogP contribution in [-0.4, -0.2) is 16.1 Å². The molecule has 1 heterocycles. The monoisotopic (exact) mass is 459 g/mol. The number of ether oxygens (including phenoxy) is 1. The van der Waals surface area contributed by atoms with Gasteiger partial charge in [0, 0.05) is 5.69 Å². The van der Waals surface area contributed by atoms with Gasteiger partial charge in [-0.05, 0) is 79.1 Å². The van der Waals surface area contributed by atoms with E-state index in [0.29, 0.717) is 11.1 Å². The maximum Gasteiger partial charge on any atom is 0.277 e. The van der Waals surface area contributed by atoms with Crippen LogP contribution in [0.2, 0.25) is 0 Å². The molecule has 3 aromatic carbocycles. The van der Waals surface area contributed by atoms with E-state index < -0.39 is 5.25 Å². The van der Waals surface area contributed by atoms with Crippen molar-refractivity contribution in [2.45, 2.75) is 37.9 Å². The number of carbonyl (C=O) groups is 1. The minimum absolute atomic E-state index is 0.155. The summed E-state index contributed by atoms with van der Waals surface area (Å²) in [7, 11) is 0. The normalized spacial score (nSPS) is 11.7. The maximum atomic E-state index is 13.2. The molecule has 0 aliphatic rings. The van der Waals surface area contributed by atoms with Gasteiger partial charge in [-0.25, -0.2) is 0 Å². The number of nitrogens with one attached hydrogen (secondary N) is 1. The number of hydrogen-bond donors (Lipinski definition) is 1. The van der Waals surface area contributed by atoms with Gasteiger partial charge in [0.1, 0.15) is 11.0 Å². The van der Waals surface area contributed by atoms with Gasteiger partial charge >= 0.3 is 0 Å². The molecule has 0 aliphatic heterocycles. The molecule has 0 saturated heterocycles. The molecule has 1 N–H and O–H groups in total. The molecule has 0 spiro atoms. The molecule has 0 bridgehead atoms. The van der Waals surface area contributed by atoms with Crippen molar-refractivity contribution in [3.63, 3.8) is 0 Å². The fourth-order valence-corrected chi connectivity index (χ4v) is 4.34. The molecule has 0 aliphatic carbocycles. The maximum absolute atomic E-state index is 13.2. The Bertz CT molecular complexity index is 1220. The number of rotatable bonds is 8. The smallest absolute Gasteiger partial charge is 0.277 e. The van der Waals surface area contributed by atoms with Crippen LogP contribution in [-0.2, 0) is 11.4 Å². The molecule has 1 atom stereocenters. The Balaban J connectivity index is 1.48. The highest BCUT2D eigenvalue weighted by Crippen LogP contribution is 2.35. The molecule has 4 rings (SSSR count). The Kier molecular flexibility index (Phi) is 7.10. The average molecular weight is 460 g/mol. The summed E-state index contributed by atoms with van der Waals surface area (Å²) in [5.74, 6) is 0.921. The van der Waals surface area contributed by atoms with Crippen LogP contribution in [0.25, 0.3) is 0 Å². The van der Waals surface area contributed by atoms with Crippen LogP contribution in [0.1, 0.15) is 33.4 Å². The molecule has 4 aromatic rings. The highest BCUT2D eigenvalue weighted by atomic mass is 32.2. The van der Waals surface area contributed by atoms with Gasteiger partial charge in [-0.15, -0.1) is 10.2 Å². The summed E-state index contributed by atoms with van der Waals surface area (Å²) in [4.78, 5) is 13.2. The Morgan fingerprint density at radius 1 is 0.939 bits per heavy atom. The second kappa shape index (κ2) is 10.4. The van der Waals surface area contributed by atoms with Gasteiger partial charge in [0.05, 0.1) is 0 Å². The molecule has 6 nitrogen and oxygen atoms in total. The number of aromatic nitrogens is 2. The van der Waals surface area contributed by atoms with Crippen molar-refractivity contribution >= 4 is 23.4 Å². The second-order valence-corrected chi connectivity index (χ2v) is 8.90. The second-order valence-electron chi connectivity index (χ2n) is 7.84. The van der Waals surface area contributed by atoms with Crippen molar-refractivity contribution in [2.75, 3.05) is 5.32 Å². The summed E-state index contributed by atoms with van der Waals surface area (Å²) in [5.41, 5.74) is 4.89. The first-order chi connectivity index (χ1) is 16.0. The lowest BCUT2D eigenvalue weighted by molar-refractivity contribution is -0.115. The van der Waals surface area contributed by atoms with Gasteiger partial charge in [0.2, 0.25) is 5.91 Å². The summed E-state index contributed by atoms with van der Waals surface area (Å²) in [5, 5.41) is 11.0. The van der Waals surface area contributed by atoms with E-state index in [1.54, 1.807) is 0 Å². The van der Waals surface area contributed by atoms with Crippen LogP contribution in [0.3, 0.4) is 0 Å². The Hall–Kier alpha value is -3.58. The molecule has 33 heavy (non-hydrogen) atoms. The minimum atomic E-state index is -0.557. The zero-order valence-corrected chi connectivity index (χ0v) is 19.6. The van der Waals surface area contributed by atoms with Crippen LogP contribution < -0.4 is 10.1 Å². The minimum Gasteiger partial charge on any atom is -0.484 e. The van der Waals surface area contributed by atoms with Gasteiger partial charge in [0.25, 0.3) is 11.1 Å². The van der Waals surface area contributed by atoms with E-state index >= 15 is 0 Å². The Morgan fingerprint density at radius 2 is 1.70 bits per heavy atom. The van der Waals surface area contributed by atoms with Crippen LogP contribution >= 0.6 is 11.8 Å². The molecule has 0 unspecified atom stereocenters. The largest absolute Gasteiger partial charge is 0.484 e. The molecule has 0 saturated carbocycles. The predicted octanol–water partition coefficient (Wildman–Crippen LogP) is 6.05. The summed E-state index contributed by atoms with van der Waals surface area (Å²) in [6.07, 6.45) is 0. The van der Waals surface area contributed by atoms with E-state index in [4.69, 9.17) is 9.15 Å². The summed E-state index contributed by atoms with van der Waals surface area (Å²) < 4.78 is 11.5. The number of nitrogens with zero attached hydrogens (tertiary/aromatic N) is 2. The highest BCUT2D eigenvalue weighted by molar-refractivity contribution is 8.00. The van der Waals surface area contributed by atoms with Crippen molar-refractivity contribution in [1.29, 1.82) is 0 Å². The van der Waals surface area contributed by atoms with Crippen molar-refractivity contribution in [3.8, 4) is 5.75 Å². The first-order valence-electron chi connectivity index (χ1n) is 10.6. The molecule has 1 aromatic heterocycles. The van der Waals surface area contributed by atoms with Crippen molar-refractivity contribution < 1.29 is 13.9 Å². The summed E-state index contributed by atoms with van der Waals surface area (Å²) in [6, 6.07) is 23.3. The zero-order valence-electron chi connectivity index (χ0n) is 18.7. The zero-order chi connectivity index (χ0) is 23.2. The van der Waals surface area contributed by atoms with Gasteiger partial charge in [-0.1, -0.05) is 48.5 Å². The fraction of sp³-hybridized carbons (Fsp3) is 0.192. The molecule has 168 valence electrons. The number of anilines is 1. The standard InChI is InChI=1S/C26H25N3O3S/c1-17-8-7-11-22(15-17)31-16-23-28-29-26(32-23)33-24(20-9-5-4-6-10-20)25(30)27-21-13-18(2)12-19(3)14-21/h4-15,24H,16H2,1-3H3,(H,27,30)/t24-/m1/s1. The van der Waals surface area contributed by atoms with Crippen LogP contribution in [0.15, 0.2) is 82.4 Å². The molecule has 0 radical (unpaired) electrons. The van der Waals surface area contributed by atoms with Gasteiger partial charge < -0.3 is 14.5 Å². The predicted molar refractivity (Wildman–Crippen MR) is 129 cm³/mol.